The zero-order chi connectivity index (χ0) is 20.0. The first-order valence-corrected chi connectivity index (χ1v) is 9.03. The van der Waals surface area contributed by atoms with Crippen molar-refractivity contribution in [3.63, 3.8) is 0 Å². The van der Waals surface area contributed by atoms with Crippen LogP contribution in [0.5, 0.6) is 0 Å². The summed E-state index contributed by atoms with van der Waals surface area (Å²) in [7, 11) is 0. The molecule has 27 heavy (non-hydrogen) atoms. The average molecular weight is 373 g/mol. The first kappa shape index (κ1) is 20.6. The maximum atomic E-state index is 11.8. The Morgan fingerprint density at radius 3 is 2.48 bits per heavy atom. The van der Waals surface area contributed by atoms with Gasteiger partial charge in [-0.15, -0.1) is 0 Å². The SMILES string of the molecule is Cc1ccccc1Cn1cncc1C(CNC(CC(C)C)C(=O)O)C(=O)O. The Bertz CT molecular complexity index is 785. The lowest BCUT2D eigenvalue weighted by Crippen LogP contribution is -2.41. The number of hydrogen-bond donors (Lipinski definition) is 3. The second kappa shape index (κ2) is 9.32. The van der Waals surface area contributed by atoms with Gasteiger partial charge in [-0.05, 0) is 30.4 Å². The summed E-state index contributed by atoms with van der Waals surface area (Å²) >= 11 is 0. The van der Waals surface area contributed by atoms with Crippen LogP contribution in [-0.2, 0) is 16.1 Å². The molecule has 7 heteroatoms. The highest BCUT2D eigenvalue weighted by Gasteiger charge is 2.27. The number of aryl methyl sites for hydroxylation is 1. The highest BCUT2D eigenvalue weighted by Crippen LogP contribution is 2.19. The maximum absolute atomic E-state index is 11.8. The van der Waals surface area contributed by atoms with E-state index in [0.29, 0.717) is 18.7 Å². The van der Waals surface area contributed by atoms with Crippen LogP contribution in [0.4, 0.5) is 0 Å². The topological polar surface area (TPSA) is 104 Å². The summed E-state index contributed by atoms with van der Waals surface area (Å²) in [4.78, 5) is 27.4. The molecule has 0 aliphatic heterocycles. The predicted molar refractivity (Wildman–Crippen MR) is 102 cm³/mol. The van der Waals surface area contributed by atoms with Crippen LogP contribution in [0.15, 0.2) is 36.8 Å². The fraction of sp³-hybridized carbons (Fsp3) is 0.450. The number of carboxylic acid groups (broad SMARTS) is 2. The van der Waals surface area contributed by atoms with E-state index >= 15 is 0 Å². The third-order valence-electron chi connectivity index (χ3n) is 4.58. The lowest BCUT2D eigenvalue weighted by Gasteiger charge is -2.21. The molecule has 3 N–H and O–H groups in total. The molecule has 0 aliphatic carbocycles. The monoisotopic (exact) mass is 373 g/mol. The summed E-state index contributed by atoms with van der Waals surface area (Å²) in [5, 5.41) is 22.0. The predicted octanol–water partition coefficient (Wildman–Crippen LogP) is 2.50. The summed E-state index contributed by atoms with van der Waals surface area (Å²) in [5.41, 5.74) is 2.74. The molecular formula is C20H27N3O4. The minimum atomic E-state index is -1.01. The number of nitrogens with one attached hydrogen (secondary N) is 1. The third kappa shape index (κ3) is 5.65. The van der Waals surface area contributed by atoms with Crippen molar-refractivity contribution < 1.29 is 19.8 Å². The molecule has 1 aromatic carbocycles. The van der Waals surface area contributed by atoms with Gasteiger partial charge in [-0.1, -0.05) is 38.1 Å². The van der Waals surface area contributed by atoms with Crippen molar-refractivity contribution in [2.45, 2.75) is 45.7 Å². The van der Waals surface area contributed by atoms with Gasteiger partial charge in [-0.25, -0.2) is 4.98 Å². The summed E-state index contributed by atoms with van der Waals surface area (Å²) in [6, 6.07) is 7.12. The molecule has 0 fully saturated rings. The van der Waals surface area contributed by atoms with E-state index in [-0.39, 0.29) is 12.5 Å². The van der Waals surface area contributed by atoms with Gasteiger partial charge in [0.05, 0.1) is 12.0 Å². The van der Waals surface area contributed by atoms with E-state index in [4.69, 9.17) is 0 Å². The number of rotatable bonds is 10. The van der Waals surface area contributed by atoms with Gasteiger partial charge in [-0.3, -0.25) is 9.59 Å². The molecule has 0 bridgehead atoms. The molecule has 7 nitrogen and oxygen atoms in total. The molecule has 146 valence electrons. The van der Waals surface area contributed by atoms with E-state index in [1.165, 1.54) is 6.20 Å². The van der Waals surface area contributed by atoms with Crippen LogP contribution in [0.25, 0.3) is 0 Å². The van der Waals surface area contributed by atoms with E-state index in [9.17, 15) is 19.8 Å². The summed E-state index contributed by atoms with van der Waals surface area (Å²) < 4.78 is 1.81. The normalized spacial score (nSPS) is 13.5. The lowest BCUT2D eigenvalue weighted by atomic mass is 10.0. The Hall–Kier alpha value is -2.67. The number of carboxylic acids is 2. The van der Waals surface area contributed by atoms with Crippen LogP contribution in [0.1, 0.15) is 43.0 Å². The molecule has 2 rings (SSSR count). The Labute approximate surface area is 159 Å². The maximum Gasteiger partial charge on any atom is 0.320 e. The highest BCUT2D eigenvalue weighted by molar-refractivity contribution is 5.76. The molecule has 0 radical (unpaired) electrons. The van der Waals surface area contributed by atoms with Crippen LogP contribution in [0.3, 0.4) is 0 Å². The van der Waals surface area contributed by atoms with E-state index in [2.05, 4.69) is 10.3 Å². The molecule has 0 amide bonds. The molecule has 1 heterocycles. The van der Waals surface area contributed by atoms with E-state index in [1.807, 2.05) is 45.0 Å². The van der Waals surface area contributed by atoms with Crippen LogP contribution >= 0.6 is 0 Å². The van der Waals surface area contributed by atoms with Crippen LogP contribution in [0.2, 0.25) is 0 Å². The fourth-order valence-corrected chi connectivity index (χ4v) is 3.05. The minimum absolute atomic E-state index is 0.0263. The third-order valence-corrected chi connectivity index (χ3v) is 4.58. The second-order valence-electron chi connectivity index (χ2n) is 7.19. The Balaban J connectivity index is 2.18. The van der Waals surface area contributed by atoms with E-state index in [0.717, 1.165) is 11.1 Å². The molecular weight excluding hydrogens is 346 g/mol. The van der Waals surface area contributed by atoms with Crippen LogP contribution in [-0.4, -0.2) is 44.3 Å². The number of aliphatic carboxylic acids is 2. The second-order valence-corrected chi connectivity index (χ2v) is 7.19. The van der Waals surface area contributed by atoms with E-state index < -0.39 is 23.9 Å². The van der Waals surface area contributed by atoms with Gasteiger partial charge in [-0.2, -0.15) is 0 Å². The van der Waals surface area contributed by atoms with Crippen LogP contribution in [0, 0.1) is 12.8 Å². The van der Waals surface area contributed by atoms with Gasteiger partial charge < -0.3 is 20.1 Å². The molecule has 0 aliphatic rings. The number of aromatic nitrogens is 2. The number of benzene rings is 1. The summed E-state index contributed by atoms with van der Waals surface area (Å²) in [5.74, 6) is -2.68. The van der Waals surface area contributed by atoms with Gasteiger partial charge in [0.1, 0.15) is 12.0 Å². The van der Waals surface area contributed by atoms with Crippen molar-refractivity contribution in [3.8, 4) is 0 Å². The number of hydrogen-bond acceptors (Lipinski definition) is 4. The van der Waals surface area contributed by atoms with Gasteiger partial charge >= 0.3 is 11.9 Å². The standard InChI is InChI=1S/C20H27N3O4/c1-13(2)8-17(20(26)27)22-9-16(19(24)25)18-10-21-12-23(18)11-15-7-5-4-6-14(15)3/h4-7,10,12-13,16-17,22H,8-9,11H2,1-3H3,(H,24,25)(H,26,27). The van der Waals surface area contributed by atoms with Crippen molar-refractivity contribution in [2.75, 3.05) is 6.54 Å². The molecule has 2 unspecified atom stereocenters. The largest absolute Gasteiger partial charge is 0.481 e. The summed E-state index contributed by atoms with van der Waals surface area (Å²) in [6.07, 6.45) is 3.58. The lowest BCUT2D eigenvalue weighted by molar-refractivity contribution is -0.142. The fourth-order valence-electron chi connectivity index (χ4n) is 3.05. The smallest absolute Gasteiger partial charge is 0.320 e. The molecule has 0 saturated heterocycles. The van der Waals surface area contributed by atoms with Crippen molar-refractivity contribution in [2.24, 2.45) is 5.92 Å². The number of nitrogens with zero attached hydrogens (tertiary/aromatic N) is 2. The van der Waals surface area contributed by atoms with Crippen LogP contribution < -0.4 is 5.32 Å². The Kier molecular flexibility index (Phi) is 7.12. The van der Waals surface area contributed by atoms with Gasteiger partial charge in [0.2, 0.25) is 0 Å². The minimum Gasteiger partial charge on any atom is -0.481 e. The Morgan fingerprint density at radius 2 is 1.89 bits per heavy atom. The van der Waals surface area contributed by atoms with Crippen molar-refractivity contribution >= 4 is 11.9 Å². The van der Waals surface area contributed by atoms with Gasteiger partial charge in [0.25, 0.3) is 0 Å². The quantitative estimate of drug-likeness (QED) is 0.591. The van der Waals surface area contributed by atoms with Crippen molar-refractivity contribution in [3.05, 3.63) is 53.6 Å². The Morgan fingerprint density at radius 1 is 1.19 bits per heavy atom. The molecule has 2 atom stereocenters. The zero-order valence-electron chi connectivity index (χ0n) is 15.9. The first-order chi connectivity index (χ1) is 12.8. The zero-order valence-corrected chi connectivity index (χ0v) is 15.9. The summed E-state index contributed by atoms with van der Waals surface area (Å²) in [6.45, 7) is 6.41. The van der Waals surface area contributed by atoms with E-state index in [1.54, 1.807) is 10.9 Å². The molecule has 2 aromatic rings. The molecule has 0 spiro atoms. The number of imidazole rings is 1. The molecule has 1 aromatic heterocycles. The van der Waals surface area contributed by atoms with Gasteiger partial charge in [0.15, 0.2) is 0 Å². The van der Waals surface area contributed by atoms with Gasteiger partial charge in [0, 0.05) is 19.3 Å². The van der Waals surface area contributed by atoms with Crippen molar-refractivity contribution in [1.82, 2.24) is 14.9 Å². The first-order valence-electron chi connectivity index (χ1n) is 9.03. The average Bonchev–Trinajstić information content (AvgIpc) is 3.03. The highest BCUT2D eigenvalue weighted by atomic mass is 16.4. The van der Waals surface area contributed by atoms with Crippen molar-refractivity contribution in [1.29, 1.82) is 0 Å². The molecule has 0 saturated carbocycles. The number of carbonyl (C=O) groups is 2.